The van der Waals surface area contributed by atoms with Crippen LogP contribution in [0, 0.1) is 17.2 Å². The molecular formula is C16H22BrN3. The van der Waals surface area contributed by atoms with Crippen molar-refractivity contribution in [1.82, 2.24) is 4.90 Å². The number of halogens is 1. The van der Waals surface area contributed by atoms with Crippen LogP contribution in [-0.4, -0.2) is 37.6 Å². The summed E-state index contributed by atoms with van der Waals surface area (Å²) in [5.41, 5.74) is 3.22. The van der Waals surface area contributed by atoms with Crippen LogP contribution in [0.15, 0.2) is 18.2 Å². The Labute approximate surface area is 130 Å². The Morgan fingerprint density at radius 2 is 1.95 bits per heavy atom. The van der Waals surface area contributed by atoms with Gasteiger partial charge in [0.2, 0.25) is 0 Å². The van der Waals surface area contributed by atoms with Gasteiger partial charge >= 0.3 is 0 Å². The Hall–Kier alpha value is -1.05. The molecule has 1 aliphatic rings. The smallest absolute Gasteiger partial charge is 0.0991 e. The zero-order valence-corrected chi connectivity index (χ0v) is 13.9. The lowest BCUT2D eigenvalue weighted by molar-refractivity contribution is 0.231. The highest BCUT2D eigenvalue weighted by Gasteiger charge is 2.19. The molecule has 0 radical (unpaired) electrons. The molecule has 1 fully saturated rings. The first-order valence-corrected chi connectivity index (χ1v) is 8.32. The minimum Gasteiger partial charge on any atom is -0.369 e. The van der Waals surface area contributed by atoms with Crippen molar-refractivity contribution in [1.29, 1.82) is 5.26 Å². The van der Waals surface area contributed by atoms with E-state index in [0.717, 1.165) is 43.0 Å². The number of hydrogen-bond acceptors (Lipinski definition) is 3. The second-order valence-corrected chi connectivity index (χ2v) is 6.33. The summed E-state index contributed by atoms with van der Waals surface area (Å²) in [7, 11) is 0. The average molecular weight is 336 g/mol. The van der Waals surface area contributed by atoms with E-state index in [1.807, 2.05) is 12.1 Å². The molecule has 2 rings (SSSR count). The third-order valence-electron chi connectivity index (χ3n) is 3.69. The first-order valence-electron chi connectivity index (χ1n) is 7.20. The van der Waals surface area contributed by atoms with Gasteiger partial charge in [0.25, 0.3) is 0 Å². The van der Waals surface area contributed by atoms with Gasteiger partial charge in [0.05, 0.1) is 11.6 Å². The van der Waals surface area contributed by atoms with E-state index in [4.69, 9.17) is 5.26 Å². The lowest BCUT2D eigenvalue weighted by atomic mass is 10.1. The zero-order valence-electron chi connectivity index (χ0n) is 12.3. The zero-order chi connectivity index (χ0) is 14.5. The Morgan fingerprint density at radius 1 is 1.25 bits per heavy atom. The predicted molar refractivity (Wildman–Crippen MR) is 87.3 cm³/mol. The van der Waals surface area contributed by atoms with Crippen molar-refractivity contribution >= 4 is 21.6 Å². The minimum absolute atomic E-state index is 0.731. The van der Waals surface area contributed by atoms with Crippen LogP contribution in [0.1, 0.15) is 25.0 Å². The SMILES string of the molecule is CC(C)CN1CCN(c2ccc(C#N)cc2CBr)CC1. The lowest BCUT2D eigenvalue weighted by Gasteiger charge is -2.37. The fraction of sp³-hybridized carbons (Fsp3) is 0.562. The molecule has 3 nitrogen and oxygen atoms in total. The molecule has 20 heavy (non-hydrogen) atoms. The van der Waals surface area contributed by atoms with Crippen LogP contribution in [0.5, 0.6) is 0 Å². The maximum atomic E-state index is 8.99. The van der Waals surface area contributed by atoms with E-state index >= 15 is 0 Å². The van der Waals surface area contributed by atoms with Gasteiger partial charge < -0.3 is 4.90 Å². The molecule has 108 valence electrons. The molecule has 1 saturated heterocycles. The van der Waals surface area contributed by atoms with Crippen LogP contribution < -0.4 is 4.90 Å². The summed E-state index contributed by atoms with van der Waals surface area (Å²) in [6.07, 6.45) is 0. The standard InChI is InChI=1S/C16H22BrN3/c1-13(2)12-19-5-7-20(8-6-19)16-4-3-14(11-18)9-15(16)10-17/h3-4,9,13H,5-8,10,12H2,1-2H3. The summed E-state index contributed by atoms with van der Waals surface area (Å²) in [4.78, 5) is 4.98. The summed E-state index contributed by atoms with van der Waals surface area (Å²) in [5.74, 6) is 0.731. The average Bonchev–Trinajstić information content (AvgIpc) is 2.47. The molecule has 0 unspecified atom stereocenters. The van der Waals surface area contributed by atoms with E-state index in [1.165, 1.54) is 17.8 Å². The minimum atomic E-state index is 0.731. The molecule has 1 aliphatic heterocycles. The number of rotatable bonds is 4. The van der Waals surface area contributed by atoms with E-state index in [9.17, 15) is 0 Å². The molecule has 1 aromatic carbocycles. The van der Waals surface area contributed by atoms with Gasteiger partial charge in [0.1, 0.15) is 0 Å². The van der Waals surface area contributed by atoms with E-state index < -0.39 is 0 Å². The van der Waals surface area contributed by atoms with Gasteiger partial charge in [-0.1, -0.05) is 29.8 Å². The number of anilines is 1. The van der Waals surface area contributed by atoms with Crippen molar-refractivity contribution < 1.29 is 0 Å². The van der Waals surface area contributed by atoms with Gasteiger partial charge in [-0.2, -0.15) is 5.26 Å². The van der Waals surface area contributed by atoms with Gasteiger partial charge in [-0.25, -0.2) is 0 Å². The molecular weight excluding hydrogens is 314 g/mol. The van der Waals surface area contributed by atoms with E-state index in [1.54, 1.807) is 0 Å². The van der Waals surface area contributed by atoms with Crippen molar-refractivity contribution in [3.63, 3.8) is 0 Å². The first-order chi connectivity index (χ1) is 9.63. The van der Waals surface area contributed by atoms with Crippen molar-refractivity contribution in [2.24, 2.45) is 5.92 Å². The van der Waals surface area contributed by atoms with Crippen LogP contribution in [0.4, 0.5) is 5.69 Å². The third-order valence-corrected chi connectivity index (χ3v) is 4.29. The monoisotopic (exact) mass is 335 g/mol. The van der Waals surface area contributed by atoms with Crippen molar-refractivity contribution in [3.8, 4) is 6.07 Å². The number of piperazine rings is 1. The molecule has 0 spiro atoms. The maximum Gasteiger partial charge on any atom is 0.0991 e. The number of nitrogens with zero attached hydrogens (tertiary/aromatic N) is 3. The topological polar surface area (TPSA) is 30.3 Å². The molecule has 1 aromatic rings. The molecule has 0 N–H and O–H groups in total. The molecule has 0 aliphatic carbocycles. The largest absolute Gasteiger partial charge is 0.369 e. The summed E-state index contributed by atoms with van der Waals surface area (Å²) < 4.78 is 0. The summed E-state index contributed by atoms with van der Waals surface area (Å²) in [6, 6.07) is 8.21. The summed E-state index contributed by atoms with van der Waals surface area (Å²) in [6.45, 7) is 10.1. The lowest BCUT2D eigenvalue weighted by Crippen LogP contribution is -2.47. The number of nitriles is 1. The summed E-state index contributed by atoms with van der Waals surface area (Å²) in [5, 5.41) is 9.79. The molecule has 0 amide bonds. The normalized spacial score (nSPS) is 16.4. The Balaban J connectivity index is 2.05. The van der Waals surface area contributed by atoms with Crippen molar-refractivity contribution in [3.05, 3.63) is 29.3 Å². The highest BCUT2D eigenvalue weighted by Crippen LogP contribution is 2.25. The Bertz CT molecular complexity index is 485. The molecule has 4 heteroatoms. The van der Waals surface area contributed by atoms with Crippen LogP contribution in [0.2, 0.25) is 0 Å². The number of hydrogen-bond donors (Lipinski definition) is 0. The van der Waals surface area contributed by atoms with E-state index in [0.29, 0.717) is 0 Å². The summed E-state index contributed by atoms with van der Waals surface area (Å²) >= 11 is 3.54. The maximum absolute atomic E-state index is 8.99. The number of benzene rings is 1. The van der Waals surface area contributed by atoms with Gasteiger partial charge in [-0.15, -0.1) is 0 Å². The Morgan fingerprint density at radius 3 is 2.50 bits per heavy atom. The van der Waals surface area contributed by atoms with Crippen LogP contribution >= 0.6 is 15.9 Å². The highest BCUT2D eigenvalue weighted by atomic mass is 79.9. The van der Waals surface area contributed by atoms with Gasteiger partial charge in [0, 0.05) is 43.7 Å². The van der Waals surface area contributed by atoms with Gasteiger partial charge in [-0.3, -0.25) is 4.90 Å². The third kappa shape index (κ3) is 3.74. The number of alkyl halides is 1. The molecule has 0 atom stereocenters. The van der Waals surface area contributed by atoms with Crippen LogP contribution in [0.25, 0.3) is 0 Å². The van der Waals surface area contributed by atoms with E-state index in [2.05, 4.69) is 51.7 Å². The second-order valence-electron chi connectivity index (χ2n) is 5.77. The second kappa shape index (κ2) is 7.10. The molecule has 0 bridgehead atoms. The molecule has 1 heterocycles. The highest BCUT2D eigenvalue weighted by molar-refractivity contribution is 9.08. The predicted octanol–water partition coefficient (Wildman–Crippen LogP) is 3.23. The fourth-order valence-electron chi connectivity index (χ4n) is 2.76. The van der Waals surface area contributed by atoms with Crippen LogP contribution in [0.3, 0.4) is 0 Å². The first kappa shape index (κ1) is 15.3. The van der Waals surface area contributed by atoms with Crippen molar-refractivity contribution in [2.45, 2.75) is 19.2 Å². The Kier molecular flexibility index (Phi) is 5.45. The van der Waals surface area contributed by atoms with E-state index in [-0.39, 0.29) is 0 Å². The fourth-order valence-corrected chi connectivity index (χ4v) is 3.21. The quantitative estimate of drug-likeness (QED) is 0.791. The molecule has 0 aromatic heterocycles. The van der Waals surface area contributed by atoms with Crippen LogP contribution in [-0.2, 0) is 5.33 Å². The van der Waals surface area contributed by atoms with Gasteiger partial charge in [-0.05, 0) is 29.7 Å². The molecule has 0 saturated carbocycles. The van der Waals surface area contributed by atoms with Gasteiger partial charge in [0.15, 0.2) is 0 Å². The van der Waals surface area contributed by atoms with Crippen molar-refractivity contribution in [2.75, 3.05) is 37.6 Å².